The van der Waals surface area contributed by atoms with Crippen LogP contribution in [0.5, 0.6) is 0 Å². The zero-order valence-corrected chi connectivity index (χ0v) is 13.7. The number of halogens is 6. The van der Waals surface area contributed by atoms with E-state index in [-0.39, 0.29) is 24.8 Å². The summed E-state index contributed by atoms with van der Waals surface area (Å²) < 4.78 is 40.4. The van der Waals surface area contributed by atoms with Crippen molar-refractivity contribution in [2.75, 3.05) is 26.2 Å². The highest BCUT2D eigenvalue weighted by atomic mass is 79.9. The number of nitrogens with zero attached hydrogens (tertiary/aromatic N) is 1. The molecule has 0 aromatic heterocycles. The highest BCUT2D eigenvalue weighted by Gasteiger charge is 2.44. The minimum Gasteiger partial charge on any atom is -0.314 e. The normalized spacial score (nSPS) is 17.8. The average molecular weight is 396 g/mol. The number of piperazine rings is 1. The van der Waals surface area contributed by atoms with Gasteiger partial charge in [0.15, 0.2) is 0 Å². The Bertz CT molecular complexity index is 395. The molecule has 2 rings (SSSR count). The zero-order chi connectivity index (χ0) is 13.2. The fourth-order valence-corrected chi connectivity index (χ4v) is 2.46. The van der Waals surface area contributed by atoms with Crippen LogP contribution in [0, 0.1) is 0 Å². The summed E-state index contributed by atoms with van der Waals surface area (Å²) in [5, 5.41) is 3.07. The molecule has 1 atom stereocenters. The lowest BCUT2D eigenvalue weighted by Crippen LogP contribution is -2.49. The summed E-state index contributed by atoms with van der Waals surface area (Å²) in [5.41, 5.74) is 0.299. The van der Waals surface area contributed by atoms with E-state index in [1.165, 1.54) is 17.0 Å². The van der Waals surface area contributed by atoms with E-state index in [9.17, 15) is 13.2 Å². The Labute approximate surface area is 137 Å². The number of alkyl halides is 3. The van der Waals surface area contributed by atoms with Crippen molar-refractivity contribution in [3.63, 3.8) is 0 Å². The smallest absolute Gasteiger partial charge is 0.314 e. The van der Waals surface area contributed by atoms with Gasteiger partial charge in [-0.2, -0.15) is 13.2 Å². The van der Waals surface area contributed by atoms with Crippen LogP contribution in [0.2, 0.25) is 0 Å². The number of hydrogen-bond donors (Lipinski definition) is 1. The molecule has 2 nitrogen and oxygen atoms in total. The monoisotopic (exact) mass is 394 g/mol. The van der Waals surface area contributed by atoms with Crippen molar-refractivity contribution in [3.05, 3.63) is 34.3 Å². The fourth-order valence-electron chi connectivity index (χ4n) is 2.19. The Morgan fingerprint density at radius 2 is 1.55 bits per heavy atom. The standard InChI is InChI=1S/C12H14BrF3N2.2ClH/c13-10-3-1-9(2-4-10)11(12(14,15)16)18-7-5-17-6-8-18;;/h1-4,11,17H,5-8H2;2*1H/t11-;;/m1../s1. The van der Waals surface area contributed by atoms with Crippen molar-refractivity contribution in [3.8, 4) is 0 Å². The van der Waals surface area contributed by atoms with Gasteiger partial charge in [0.2, 0.25) is 0 Å². The van der Waals surface area contributed by atoms with E-state index < -0.39 is 12.2 Å². The van der Waals surface area contributed by atoms with Crippen LogP contribution in [0.25, 0.3) is 0 Å². The topological polar surface area (TPSA) is 15.3 Å². The molecule has 116 valence electrons. The summed E-state index contributed by atoms with van der Waals surface area (Å²) in [6.07, 6.45) is -4.24. The molecule has 1 N–H and O–H groups in total. The van der Waals surface area contributed by atoms with E-state index in [0.29, 0.717) is 31.7 Å². The summed E-state index contributed by atoms with van der Waals surface area (Å²) in [5.74, 6) is 0. The molecule has 0 spiro atoms. The van der Waals surface area contributed by atoms with Gasteiger partial charge in [0.1, 0.15) is 6.04 Å². The largest absolute Gasteiger partial charge is 0.408 e. The van der Waals surface area contributed by atoms with E-state index >= 15 is 0 Å². The maximum atomic E-state index is 13.2. The summed E-state index contributed by atoms with van der Waals surface area (Å²) in [4.78, 5) is 1.49. The molecule has 20 heavy (non-hydrogen) atoms. The van der Waals surface area contributed by atoms with Gasteiger partial charge in [-0.25, -0.2) is 0 Å². The van der Waals surface area contributed by atoms with Crippen LogP contribution in [0.1, 0.15) is 11.6 Å². The zero-order valence-electron chi connectivity index (χ0n) is 10.5. The fraction of sp³-hybridized carbons (Fsp3) is 0.500. The molecular weight excluding hydrogens is 380 g/mol. The van der Waals surface area contributed by atoms with E-state index in [1.807, 2.05) is 0 Å². The van der Waals surface area contributed by atoms with Crippen LogP contribution >= 0.6 is 40.7 Å². The Balaban J connectivity index is 0.00000180. The molecule has 1 aliphatic heterocycles. The highest BCUT2D eigenvalue weighted by molar-refractivity contribution is 9.10. The highest BCUT2D eigenvalue weighted by Crippen LogP contribution is 2.38. The number of rotatable bonds is 2. The molecular formula is C12H16BrCl2F3N2. The van der Waals surface area contributed by atoms with Gasteiger partial charge in [0.05, 0.1) is 0 Å². The third kappa shape index (κ3) is 5.07. The van der Waals surface area contributed by atoms with Crippen LogP contribution in [0.3, 0.4) is 0 Å². The second-order valence-corrected chi connectivity index (χ2v) is 5.20. The van der Waals surface area contributed by atoms with Crippen LogP contribution < -0.4 is 5.32 Å². The van der Waals surface area contributed by atoms with Gasteiger partial charge >= 0.3 is 6.18 Å². The Morgan fingerprint density at radius 1 is 1.05 bits per heavy atom. The summed E-state index contributed by atoms with van der Waals surface area (Å²) in [6, 6.07) is 4.86. The number of nitrogens with one attached hydrogen (secondary N) is 1. The van der Waals surface area contributed by atoms with Crippen molar-refractivity contribution in [1.29, 1.82) is 0 Å². The van der Waals surface area contributed by atoms with Crippen LogP contribution in [0.15, 0.2) is 28.7 Å². The average Bonchev–Trinajstić information content (AvgIpc) is 2.32. The van der Waals surface area contributed by atoms with E-state index in [1.54, 1.807) is 12.1 Å². The molecule has 1 heterocycles. The summed E-state index contributed by atoms with van der Waals surface area (Å²) >= 11 is 3.24. The minimum atomic E-state index is -4.24. The minimum absolute atomic E-state index is 0. The number of hydrogen-bond acceptors (Lipinski definition) is 2. The molecule has 1 aromatic rings. The van der Waals surface area contributed by atoms with E-state index in [4.69, 9.17) is 0 Å². The Kier molecular flexibility index (Phi) is 8.43. The van der Waals surface area contributed by atoms with E-state index in [2.05, 4.69) is 21.2 Å². The van der Waals surface area contributed by atoms with Crippen molar-refractivity contribution < 1.29 is 13.2 Å². The molecule has 1 fully saturated rings. The van der Waals surface area contributed by atoms with Gasteiger partial charge in [-0.3, -0.25) is 4.90 Å². The van der Waals surface area contributed by atoms with Crippen LogP contribution in [0.4, 0.5) is 13.2 Å². The first kappa shape index (κ1) is 20.0. The molecule has 0 bridgehead atoms. The SMILES string of the molecule is Cl.Cl.FC(F)(F)[C@@H](c1ccc(Br)cc1)N1CCNCC1. The van der Waals surface area contributed by atoms with Gasteiger partial charge in [-0.15, -0.1) is 24.8 Å². The molecule has 0 radical (unpaired) electrons. The van der Waals surface area contributed by atoms with Crippen LogP contribution in [-0.4, -0.2) is 37.3 Å². The van der Waals surface area contributed by atoms with Crippen LogP contribution in [-0.2, 0) is 0 Å². The van der Waals surface area contributed by atoms with Gasteiger partial charge < -0.3 is 5.32 Å². The van der Waals surface area contributed by atoms with Gasteiger partial charge in [0, 0.05) is 30.7 Å². The lowest BCUT2D eigenvalue weighted by atomic mass is 10.0. The first-order valence-electron chi connectivity index (χ1n) is 5.75. The van der Waals surface area contributed by atoms with Crippen molar-refractivity contribution in [2.45, 2.75) is 12.2 Å². The lowest BCUT2D eigenvalue weighted by molar-refractivity contribution is -0.187. The Hall–Kier alpha value is -0.0100. The second kappa shape index (κ2) is 8.44. The van der Waals surface area contributed by atoms with Crippen molar-refractivity contribution in [2.24, 2.45) is 0 Å². The predicted molar refractivity (Wildman–Crippen MR) is 81.9 cm³/mol. The van der Waals surface area contributed by atoms with E-state index in [0.717, 1.165) is 4.47 Å². The maximum absolute atomic E-state index is 13.2. The molecule has 1 aliphatic rings. The third-order valence-electron chi connectivity index (χ3n) is 3.01. The third-order valence-corrected chi connectivity index (χ3v) is 3.54. The van der Waals surface area contributed by atoms with Gasteiger partial charge in [-0.1, -0.05) is 28.1 Å². The molecule has 0 amide bonds. The quantitative estimate of drug-likeness (QED) is 0.819. The molecule has 1 aromatic carbocycles. The number of benzene rings is 1. The maximum Gasteiger partial charge on any atom is 0.408 e. The predicted octanol–water partition coefficient (Wildman–Crippen LogP) is 3.80. The molecule has 8 heteroatoms. The summed E-state index contributed by atoms with van der Waals surface area (Å²) in [6.45, 7) is 2.03. The van der Waals surface area contributed by atoms with Gasteiger partial charge in [-0.05, 0) is 17.7 Å². The lowest BCUT2D eigenvalue weighted by Gasteiger charge is -2.36. The molecule has 1 saturated heterocycles. The molecule has 0 unspecified atom stereocenters. The first-order valence-corrected chi connectivity index (χ1v) is 6.55. The molecule has 0 saturated carbocycles. The molecule has 0 aliphatic carbocycles. The second-order valence-electron chi connectivity index (χ2n) is 4.28. The summed E-state index contributed by atoms with van der Waals surface area (Å²) in [7, 11) is 0. The van der Waals surface area contributed by atoms with Crippen molar-refractivity contribution in [1.82, 2.24) is 10.2 Å². The van der Waals surface area contributed by atoms with Crippen molar-refractivity contribution >= 4 is 40.7 Å². The Morgan fingerprint density at radius 3 is 2.00 bits per heavy atom. The first-order chi connectivity index (χ1) is 8.48. The van der Waals surface area contributed by atoms with Gasteiger partial charge in [0.25, 0.3) is 0 Å².